The summed E-state index contributed by atoms with van der Waals surface area (Å²) in [6.07, 6.45) is 3.36. The Labute approximate surface area is 148 Å². The molecular weight excluding hydrogens is 338 g/mol. The summed E-state index contributed by atoms with van der Waals surface area (Å²) in [5.41, 5.74) is 3.55. The summed E-state index contributed by atoms with van der Waals surface area (Å²) in [5, 5.41) is 7.47. The van der Waals surface area contributed by atoms with Crippen LogP contribution in [0.3, 0.4) is 0 Å². The van der Waals surface area contributed by atoms with Crippen LogP contribution in [0.4, 0.5) is 14.7 Å². The number of halogens is 2. The highest BCUT2D eigenvalue weighted by atomic mass is 19.3. The van der Waals surface area contributed by atoms with E-state index >= 15 is 0 Å². The Morgan fingerprint density at radius 3 is 2.65 bits per heavy atom. The molecule has 0 saturated carbocycles. The Morgan fingerprint density at radius 2 is 1.88 bits per heavy atom. The van der Waals surface area contributed by atoms with E-state index in [4.69, 9.17) is 4.74 Å². The molecule has 1 aliphatic rings. The third kappa shape index (κ3) is 3.03. The molecule has 0 radical (unpaired) electrons. The van der Waals surface area contributed by atoms with E-state index in [0.29, 0.717) is 11.5 Å². The monoisotopic (exact) mass is 354 g/mol. The molecule has 3 aromatic rings. The van der Waals surface area contributed by atoms with Gasteiger partial charge in [-0.1, -0.05) is 48.0 Å². The average Bonchev–Trinajstić information content (AvgIpc) is 3.10. The van der Waals surface area contributed by atoms with Crippen molar-refractivity contribution >= 4 is 11.6 Å². The van der Waals surface area contributed by atoms with E-state index in [9.17, 15) is 8.78 Å². The minimum atomic E-state index is -2.89. The van der Waals surface area contributed by atoms with Crippen LogP contribution in [0.15, 0.2) is 60.9 Å². The number of aryl methyl sites for hydroxylation is 1. The molecule has 1 N–H and O–H groups in total. The number of para-hydroxylation sites is 1. The molecule has 26 heavy (non-hydrogen) atoms. The van der Waals surface area contributed by atoms with Gasteiger partial charge in [-0.15, -0.1) is 0 Å². The molecule has 0 fully saturated rings. The van der Waals surface area contributed by atoms with E-state index in [2.05, 4.69) is 15.4 Å². The summed E-state index contributed by atoms with van der Waals surface area (Å²) in [4.78, 5) is 4.23. The molecule has 5 nitrogen and oxygen atoms in total. The Hall–Kier alpha value is -3.22. The number of rotatable bonds is 4. The average molecular weight is 354 g/mol. The van der Waals surface area contributed by atoms with Crippen LogP contribution >= 0.6 is 0 Å². The molecule has 1 aliphatic heterocycles. The first-order valence-corrected chi connectivity index (χ1v) is 8.11. The second-order valence-electron chi connectivity index (χ2n) is 5.96. The first-order chi connectivity index (χ1) is 12.6. The van der Waals surface area contributed by atoms with Crippen LogP contribution in [0.2, 0.25) is 0 Å². The lowest BCUT2D eigenvalue weighted by Crippen LogP contribution is -2.21. The number of hydrogen-bond acceptors (Lipinski definition) is 4. The Bertz CT molecular complexity index is 950. The standard InChI is InChI=1S/C19H16F2N4O/c1-12-6-8-13(9-7-12)15-10-16(25-19(24-15)22-11-23-25)14-4-2-3-5-17(14)26-18(20)21/h2-11,16,18H,1H3,(H,22,23,24). The number of allylic oxidation sites excluding steroid dienone is 1. The van der Waals surface area contributed by atoms with E-state index in [-0.39, 0.29) is 5.75 Å². The molecule has 132 valence electrons. The van der Waals surface area contributed by atoms with Crippen LogP contribution in [0, 0.1) is 6.92 Å². The van der Waals surface area contributed by atoms with Gasteiger partial charge in [0.25, 0.3) is 0 Å². The number of hydrogen-bond donors (Lipinski definition) is 1. The van der Waals surface area contributed by atoms with Crippen molar-refractivity contribution in [2.45, 2.75) is 19.6 Å². The van der Waals surface area contributed by atoms with Gasteiger partial charge in [-0.05, 0) is 24.6 Å². The van der Waals surface area contributed by atoms with Gasteiger partial charge in [0, 0.05) is 11.3 Å². The molecule has 4 rings (SSSR count). The predicted molar refractivity (Wildman–Crippen MR) is 94.0 cm³/mol. The summed E-state index contributed by atoms with van der Waals surface area (Å²) in [5.74, 6) is 0.662. The number of benzene rings is 2. The van der Waals surface area contributed by atoms with E-state index in [1.165, 1.54) is 12.4 Å². The molecule has 0 amide bonds. The van der Waals surface area contributed by atoms with Gasteiger partial charge < -0.3 is 10.1 Å². The summed E-state index contributed by atoms with van der Waals surface area (Å²) in [7, 11) is 0. The minimum absolute atomic E-state index is 0.121. The summed E-state index contributed by atoms with van der Waals surface area (Å²) >= 11 is 0. The molecule has 2 heterocycles. The van der Waals surface area contributed by atoms with Crippen molar-refractivity contribution in [1.29, 1.82) is 0 Å². The van der Waals surface area contributed by atoms with Gasteiger partial charge in [-0.25, -0.2) is 4.68 Å². The van der Waals surface area contributed by atoms with Gasteiger partial charge in [0.1, 0.15) is 18.1 Å². The quantitative estimate of drug-likeness (QED) is 0.761. The number of aromatic nitrogens is 3. The topological polar surface area (TPSA) is 52.0 Å². The van der Waals surface area contributed by atoms with Crippen molar-refractivity contribution in [2.24, 2.45) is 0 Å². The molecule has 0 spiro atoms. The van der Waals surface area contributed by atoms with Gasteiger partial charge in [0.2, 0.25) is 5.95 Å². The first kappa shape index (κ1) is 16.3. The fraction of sp³-hybridized carbons (Fsp3) is 0.158. The maximum absolute atomic E-state index is 12.8. The number of alkyl halides is 2. The van der Waals surface area contributed by atoms with Crippen molar-refractivity contribution in [2.75, 3.05) is 5.32 Å². The summed E-state index contributed by atoms with van der Waals surface area (Å²) < 4.78 is 31.9. The van der Waals surface area contributed by atoms with E-state index in [1.807, 2.05) is 37.3 Å². The fourth-order valence-corrected chi connectivity index (χ4v) is 2.98. The third-order valence-corrected chi connectivity index (χ3v) is 4.22. The van der Waals surface area contributed by atoms with Crippen molar-refractivity contribution in [3.8, 4) is 5.75 Å². The van der Waals surface area contributed by atoms with E-state index < -0.39 is 12.7 Å². The van der Waals surface area contributed by atoms with Gasteiger partial charge >= 0.3 is 6.61 Å². The molecule has 0 saturated heterocycles. The molecule has 7 heteroatoms. The van der Waals surface area contributed by atoms with E-state index in [0.717, 1.165) is 16.8 Å². The highest BCUT2D eigenvalue weighted by Crippen LogP contribution is 2.36. The summed E-state index contributed by atoms with van der Waals surface area (Å²) in [6.45, 7) is -0.877. The third-order valence-electron chi connectivity index (χ3n) is 4.22. The maximum Gasteiger partial charge on any atom is 0.387 e. The van der Waals surface area contributed by atoms with Gasteiger partial charge in [0.15, 0.2) is 0 Å². The lowest BCUT2D eigenvalue weighted by atomic mass is 10.0. The largest absolute Gasteiger partial charge is 0.434 e. The van der Waals surface area contributed by atoms with Gasteiger partial charge in [-0.3, -0.25) is 0 Å². The molecule has 1 unspecified atom stereocenters. The second kappa shape index (κ2) is 6.59. The smallest absolute Gasteiger partial charge is 0.387 e. The first-order valence-electron chi connectivity index (χ1n) is 8.11. The van der Waals surface area contributed by atoms with Crippen LogP contribution < -0.4 is 10.1 Å². The Balaban J connectivity index is 1.81. The Kier molecular flexibility index (Phi) is 4.12. The number of fused-ring (bicyclic) bond motifs is 1. The number of ether oxygens (including phenoxy) is 1. The van der Waals surface area contributed by atoms with Gasteiger partial charge in [-0.2, -0.15) is 18.9 Å². The van der Waals surface area contributed by atoms with Crippen molar-refractivity contribution in [1.82, 2.24) is 14.8 Å². The second-order valence-corrected chi connectivity index (χ2v) is 5.96. The lowest BCUT2D eigenvalue weighted by Gasteiger charge is -2.25. The lowest BCUT2D eigenvalue weighted by molar-refractivity contribution is -0.0506. The molecule has 1 atom stereocenters. The molecule has 0 bridgehead atoms. The van der Waals surface area contributed by atoms with Crippen LogP contribution in [0.5, 0.6) is 5.75 Å². The summed E-state index contributed by atoms with van der Waals surface area (Å²) in [6, 6.07) is 14.3. The number of anilines is 1. The van der Waals surface area contributed by atoms with Crippen molar-refractivity contribution in [3.05, 3.63) is 77.6 Å². The van der Waals surface area contributed by atoms with Crippen LogP contribution in [0.25, 0.3) is 5.70 Å². The molecule has 1 aromatic heterocycles. The fourth-order valence-electron chi connectivity index (χ4n) is 2.98. The van der Waals surface area contributed by atoms with Crippen LogP contribution in [-0.4, -0.2) is 21.4 Å². The highest BCUT2D eigenvalue weighted by Gasteiger charge is 2.26. The number of nitrogens with zero attached hydrogens (tertiary/aromatic N) is 3. The molecule has 2 aromatic carbocycles. The van der Waals surface area contributed by atoms with Crippen LogP contribution in [-0.2, 0) is 0 Å². The zero-order chi connectivity index (χ0) is 18.1. The molecular formula is C19H16F2N4O. The minimum Gasteiger partial charge on any atom is -0.434 e. The van der Waals surface area contributed by atoms with Crippen molar-refractivity contribution in [3.63, 3.8) is 0 Å². The van der Waals surface area contributed by atoms with Crippen molar-refractivity contribution < 1.29 is 13.5 Å². The normalized spacial score (nSPS) is 16.0. The maximum atomic E-state index is 12.8. The Morgan fingerprint density at radius 1 is 1.12 bits per heavy atom. The van der Waals surface area contributed by atoms with Crippen LogP contribution in [0.1, 0.15) is 22.7 Å². The van der Waals surface area contributed by atoms with E-state index in [1.54, 1.807) is 22.9 Å². The zero-order valence-corrected chi connectivity index (χ0v) is 13.9. The van der Waals surface area contributed by atoms with Gasteiger partial charge in [0.05, 0.1) is 0 Å². The number of nitrogens with one attached hydrogen (secondary N) is 1. The predicted octanol–water partition coefficient (Wildman–Crippen LogP) is 4.24. The highest BCUT2D eigenvalue weighted by molar-refractivity contribution is 5.77. The molecule has 0 aliphatic carbocycles. The zero-order valence-electron chi connectivity index (χ0n) is 13.9. The SMILES string of the molecule is Cc1ccc(C2=CC(c3ccccc3OC(F)F)n3ncnc3N2)cc1.